The number of carbonyl (C=O) groups excluding carboxylic acids is 1. The first-order valence-electron chi connectivity index (χ1n) is 10.5. The number of fused-ring (bicyclic) bond motifs is 3. The normalized spacial score (nSPS) is 16.6. The fourth-order valence-corrected chi connectivity index (χ4v) is 4.51. The van der Waals surface area contributed by atoms with Crippen molar-refractivity contribution in [1.29, 1.82) is 0 Å². The van der Waals surface area contributed by atoms with E-state index in [1.807, 2.05) is 60.0 Å². The van der Waals surface area contributed by atoms with E-state index in [0.29, 0.717) is 19.4 Å². The molecule has 2 aromatic carbocycles. The molecule has 3 aromatic rings. The van der Waals surface area contributed by atoms with Gasteiger partial charge >= 0.3 is 12.0 Å². The zero-order valence-electron chi connectivity index (χ0n) is 17.1. The number of hydrogen-bond acceptors (Lipinski definition) is 2. The zero-order valence-corrected chi connectivity index (χ0v) is 17.1. The zero-order chi connectivity index (χ0) is 21.1. The first kappa shape index (κ1) is 20.0. The van der Waals surface area contributed by atoms with Gasteiger partial charge < -0.3 is 20.3 Å². The summed E-state index contributed by atoms with van der Waals surface area (Å²) in [5, 5.41) is 16.8. The molecule has 0 spiro atoms. The van der Waals surface area contributed by atoms with Crippen molar-refractivity contribution in [3.05, 3.63) is 71.4 Å². The summed E-state index contributed by atoms with van der Waals surface area (Å²) in [6, 6.07) is 17.1. The van der Waals surface area contributed by atoms with Gasteiger partial charge in [-0.2, -0.15) is 0 Å². The van der Waals surface area contributed by atoms with Gasteiger partial charge in [-0.05, 0) is 42.9 Å². The van der Waals surface area contributed by atoms with Crippen LogP contribution in [0.15, 0.2) is 54.6 Å². The molecule has 2 atom stereocenters. The smallest absolute Gasteiger partial charge is 0.326 e. The Morgan fingerprint density at radius 3 is 2.60 bits per heavy atom. The summed E-state index contributed by atoms with van der Waals surface area (Å²) in [7, 11) is 0. The van der Waals surface area contributed by atoms with E-state index in [1.54, 1.807) is 0 Å². The van der Waals surface area contributed by atoms with Gasteiger partial charge in [0, 0.05) is 29.2 Å². The summed E-state index contributed by atoms with van der Waals surface area (Å²) in [5.74, 6) is -0.804. The molecule has 1 heterocycles. The number of aliphatic carboxylic acids is 1. The largest absolute Gasteiger partial charge is 0.480 e. The van der Waals surface area contributed by atoms with Crippen LogP contribution in [0, 0.1) is 0 Å². The number of rotatable bonds is 6. The van der Waals surface area contributed by atoms with Gasteiger partial charge in [0.25, 0.3) is 0 Å². The molecule has 6 heteroatoms. The second kappa shape index (κ2) is 8.61. The minimum Gasteiger partial charge on any atom is -0.480 e. The molecule has 0 saturated heterocycles. The van der Waals surface area contributed by atoms with Crippen molar-refractivity contribution in [3.8, 4) is 0 Å². The van der Waals surface area contributed by atoms with Crippen LogP contribution in [-0.2, 0) is 24.2 Å². The van der Waals surface area contributed by atoms with Crippen LogP contribution < -0.4 is 10.6 Å². The molecule has 30 heavy (non-hydrogen) atoms. The summed E-state index contributed by atoms with van der Waals surface area (Å²) in [5.41, 5.74) is 4.27. The number of para-hydroxylation sites is 1. The van der Waals surface area contributed by atoms with Crippen LogP contribution in [0.2, 0.25) is 0 Å². The van der Waals surface area contributed by atoms with Gasteiger partial charge in [-0.3, -0.25) is 0 Å². The maximum Gasteiger partial charge on any atom is 0.326 e. The van der Waals surface area contributed by atoms with Crippen molar-refractivity contribution >= 4 is 22.9 Å². The fourth-order valence-electron chi connectivity index (χ4n) is 4.51. The van der Waals surface area contributed by atoms with E-state index in [1.165, 1.54) is 0 Å². The predicted octanol–water partition coefficient (Wildman–Crippen LogP) is 4.03. The van der Waals surface area contributed by atoms with Crippen LogP contribution in [0.4, 0.5) is 4.79 Å². The molecule has 0 bridgehead atoms. The van der Waals surface area contributed by atoms with Crippen molar-refractivity contribution in [2.45, 2.75) is 51.2 Å². The highest BCUT2D eigenvalue weighted by atomic mass is 16.4. The van der Waals surface area contributed by atoms with E-state index in [-0.39, 0.29) is 12.1 Å². The number of carboxylic acid groups (broad SMARTS) is 1. The number of benzene rings is 2. The Bertz CT molecular complexity index is 1060. The Morgan fingerprint density at radius 2 is 1.87 bits per heavy atom. The van der Waals surface area contributed by atoms with E-state index >= 15 is 0 Å². The molecule has 0 aliphatic heterocycles. The van der Waals surface area contributed by atoms with Crippen LogP contribution in [-0.4, -0.2) is 27.7 Å². The molecule has 2 amide bonds. The number of carbonyl (C=O) groups is 2. The number of amides is 2. The molecule has 1 aliphatic carbocycles. The average molecular weight is 405 g/mol. The Labute approximate surface area is 175 Å². The van der Waals surface area contributed by atoms with Gasteiger partial charge in [0.15, 0.2) is 0 Å². The van der Waals surface area contributed by atoms with E-state index < -0.39 is 12.0 Å². The number of hydrogen-bond donors (Lipinski definition) is 3. The third-order valence-electron chi connectivity index (χ3n) is 5.92. The van der Waals surface area contributed by atoms with Gasteiger partial charge in [0.05, 0.1) is 0 Å². The highest BCUT2D eigenvalue weighted by molar-refractivity contribution is 5.88. The van der Waals surface area contributed by atoms with Crippen molar-refractivity contribution < 1.29 is 14.7 Å². The minimum atomic E-state index is -0.804. The maximum absolute atomic E-state index is 12.4. The lowest BCUT2D eigenvalue weighted by molar-refractivity contribution is -0.140. The molecule has 2 unspecified atom stereocenters. The molecule has 4 rings (SSSR count). The standard InChI is InChI=1S/C24H27N3O3/c1-2-20(23(28)29)27-21-11-7-6-10-18(21)19-14-17(12-13-22(19)27)26-24(30)25-15-16-8-4-3-5-9-16/h3-11,17,20H,2,12-15H2,1H3,(H,28,29)(H2,25,26,30). The summed E-state index contributed by atoms with van der Waals surface area (Å²) in [4.78, 5) is 24.3. The van der Waals surface area contributed by atoms with Crippen molar-refractivity contribution in [2.24, 2.45) is 0 Å². The first-order valence-corrected chi connectivity index (χ1v) is 10.5. The highest BCUT2D eigenvalue weighted by Gasteiger charge is 2.30. The van der Waals surface area contributed by atoms with Crippen LogP contribution in [0.25, 0.3) is 10.9 Å². The monoisotopic (exact) mass is 405 g/mol. The van der Waals surface area contributed by atoms with Gasteiger partial charge in [-0.15, -0.1) is 0 Å². The molecular formula is C24H27N3O3. The lowest BCUT2D eigenvalue weighted by atomic mass is 9.91. The molecule has 1 aromatic heterocycles. The van der Waals surface area contributed by atoms with Crippen LogP contribution in [0.1, 0.15) is 42.6 Å². The summed E-state index contributed by atoms with van der Waals surface area (Å²) >= 11 is 0. The lowest BCUT2D eigenvalue weighted by Crippen LogP contribution is -2.44. The maximum atomic E-state index is 12.4. The number of nitrogens with zero attached hydrogens (tertiary/aromatic N) is 1. The SMILES string of the molecule is CCC(C(=O)O)n1c2c(c3ccccc31)CC(NC(=O)NCc1ccccc1)CC2. The fraction of sp³-hybridized carbons (Fsp3) is 0.333. The number of urea groups is 1. The van der Waals surface area contributed by atoms with E-state index in [2.05, 4.69) is 16.7 Å². The Morgan fingerprint density at radius 1 is 1.13 bits per heavy atom. The van der Waals surface area contributed by atoms with Gasteiger partial charge in [0.1, 0.15) is 6.04 Å². The number of nitrogens with one attached hydrogen (secondary N) is 2. The van der Waals surface area contributed by atoms with E-state index in [9.17, 15) is 14.7 Å². The van der Waals surface area contributed by atoms with Gasteiger partial charge in [-0.25, -0.2) is 9.59 Å². The molecule has 0 saturated carbocycles. The molecule has 1 aliphatic rings. The molecule has 0 fully saturated rings. The van der Waals surface area contributed by atoms with Crippen LogP contribution in [0.5, 0.6) is 0 Å². The van der Waals surface area contributed by atoms with Crippen molar-refractivity contribution in [2.75, 3.05) is 0 Å². The second-order valence-corrected chi connectivity index (χ2v) is 7.83. The molecule has 6 nitrogen and oxygen atoms in total. The van der Waals surface area contributed by atoms with E-state index in [4.69, 9.17) is 0 Å². The molecule has 3 N–H and O–H groups in total. The summed E-state index contributed by atoms with van der Waals surface area (Å²) < 4.78 is 2.00. The Kier molecular flexibility index (Phi) is 5.74. The third kappa shape index (κ3) is 3.90. The summed E-state index contributed by atoms with van der Waals surface area (Å²) in [6.45, 7) is 2.39. The molecular weight excluding hydrogens is 378 g/mol. The molecule has 0 radical (unpaired) electrons. The topological polar surface area (TPSA) is 83.4 Å². The number of aromatic nitrogens is 1. The first-order chi connectivity index (χ1) is 14.6. The van der Waals surface area contributed by atoms with Crippen molar-refractivity contribution in [3.63, 3.8) is 0 Å². The predicted molar refractivity (Wildman–Crippen MR) is 117 cm³/mol. The van der Waals surface area contributed by atoms with E-state index in [0.717, 1.165) is 40.6 Å². The Balaban J connectivity index is 1.52. The van der Waals surface area contributed by atoms with Gasteiger partial charge in [0.2, 0.25) is 0 Å². The molecule has 156 valence electrons. The quantitative estimate of drug-likeness (QED) is 0.579. The second-order valence-electron chi connectivity index (χ2n) is 7.83. The third-order valence-corrected chi connectivity index (χ3v) is 5.92. The van der Waals surface area contributed by atoms with Crippen molar-refractivity contribution in [1.82, 2.24) is 15.2 Å². The minimum absolute atomic E-state index is 0.0254. The van der Waals surface area contributed by atoms with Crippen LogP contribution in [0.3, 0.4) is 0 Å². The van der Waals surface area contributed by atoms with Gasteiger partial charge in [-0.1, -0.05) is 55.5 Å². The number of carboxylic acids is 1. The highest BCUT2D eigenvalue weighted by Crippen LogP contribution is 2.35. The lowest BCUT2D eigenvalue weighted by Gasteiger charge is -2.26. The average Bonchev–Trinajstić information content (AvgIpc) is 3.07. The Hall–Kier alpha value is -3.28. The van der Waals surface area contributed by atoms with Crippen LogP contribution >= 0.6 is 0 Å². The summed E-state index contributed by atoms with van der Waals surface area (Å²) in [6.07, 6.45) is 2.78.